The summed E-state index contributed by atoms with van der Waals surface area (Å²) in [4.78, 5) is 11.6. The van der Waals surface area contributed by atoms with Crippen LogP contribution in [0.1, 0.15) is 19.8 Å². The minimum Gasteiger partial charge on any atom is -0.479 e. The van der Waals surface area contributed by atoms with Gasteiger partial charge in [0.1, 0.15) is 5.75 Å². The first-order chi connectivity index (χ1) is 10.6. The van der Waals surface area contributed by atoms with Crippen LogP contribution in [0.15, 0.2) is 18.2 Å². The maximum atomic E-state index is 11.6. The van der Waals surface area contributed by atoms with Crippen LogP contribution in [0.4, 0.5) is 11.4 Å². The van der Waals surface area contributed by atoms with Gasteiger partial charge >= 0.3 is 0 Å². The molecular formula is C15H19N3O3S. The molecule has 1 aromatic rings. The summed E-state index contributed by atoms with van der Waals surface area (Å²) in [6.45, 7) is 3.25. The molecule has 2 aliphatic heterocycles. The van der Waals surface area contributed by atoms with Crippen LogP contribution in [-0.2, 0) is 9.53 Å². The molecule has 3 rings (SSSR count). The second-order valence-electron chi connectivity index (χ2n) is 5.43. The van der Waals surface area contributed by atoms with Crippen molar-refractivity contribution in [3.05, 3.63) is 18.2 Å². The van der Waals surface area contributed by atoms with Gasteiger partial charge in [-0.2, -0.15) is 0 Å². The van der Waals surface area contributed by atoms with E-state index in [1.54, 1.807) is 13.0 Å². The SMILES string of the molecule is C[C@@H]1Oc2ccc(NC(=S)NC[C@@H]3CCCO3)cc2NC1=O. The smallest absolute Gasteiger partial charge is 0.265 e. The number of thiocarbonyl (C=S) groups is 1. The maximum Gasteiger partial charge on any atom is 0.265 e. The van der Waals surface area contributed by atoms with Crippen molar-refractivity contribution >= 4 is 34.6 Å². The van der Waals surface area contributed by atoms with E-state index < -0.39 is 6.10 Å². The number of rotatable bonds is 3. The van der Waals surface area contributed by atoms with Gasteiger partial charge in [-0.05, 0) is 50.2 Å². The molecule has 0 aromatic heterocycles. The Morgan fingerprint density at radius 2 is 2.36 bits per heavy atom. The van der Waals surface area contributed by atoms with E-state index in [2.05, 4.69) is 16.0 Å². The Labute approximate surface area is 134 Å². The zero-order valence-electron chi connectivity index (χ0n) is 12.3. The molecule has 0 radical (unpaired) electrons. The van der Waals surface area contributed by atoms with Crippen LogP contribution >= 0.6 is 12.2 Å². The van der Waals surface area contributed by atoms with Crippen molar-refractivity contribution < 1.29 is 14.3 Å². The van der Waals surface area contributed by atoms with Gasteiger partial charge in [0.25, 0.3) is 5.91 Å². The van der Waals surface area contributed by atoms with Gasteiger partial charge in [-0.3, -0.25) is 4.79 Å². The summed E-state index contributed by atoms with van der Waals surface area (Å²) in [6, 6.07) is 5.48. The largest absolute Gasteiger partial charge is 0.479 e. The summed E-state index contributed by atoms with van der Waals surface area (Å²) in [7, 11) is 0. The van der Waals surface area contributed by atoms with E-state index in [-0.39, 0.29) is 12.0 Å². The second kappa shape index (κ2) is 6.50. The average Bonchev–Trinajstić information content (AvgIpc) is 3.00. The highest BCUT2D eigenvalue weighted by Crippen LogP contribution is 2.32. The summed E-state index contributed by atoms with van der Waals surface area (Å²) in [5.41, 5.74) is 1.44. The number of hydrogen-bond acceptors (Lipinski definition) is 4. The molecule has 3 N–H and O–H groups in total. The number of nitrogens with one attached hydrogen (secondary N) is 3. The summed E-state index contributed by atoms with van der Waals surface area (Å²) < 4.78 is 11.1. The zero-order chi connectivity index (χ0) is 15.5. The fourth-order valence-electron chi connectivity index (χ4n) is 2.47. The van der Waals surface area contributed by atoms with Crippen molar-refractivity contribution in [2.75, 3.05) is 23.8 Å². The van der Waals surface area contributed by atoms with E-state index >= 15 is 0 Å². The van der Waals surface area contributed by atoms with Gasteiger partial charge in [0.2, 0.25) is 0 Å². The molecule has 1 fully saturated rings. The Kier molecular flexibility index (Phi) is 4.44. The first kappa shape index (κ1) is 15.1. The van der Waals surface area contributed by atoms with Gasteiger partial charge in [0, 0.05) is 18.8 Å². The molecule has 7 heteroatoms. The van der Waals surface area contributed by atoms with E-state index in [0.717, 1.165) is 25.1 Å². The lowest BCUT2D eigenvalue weighted by Gasteiger charge is -2.24. The predicted octanol–water partition coefficient (Wildman–Crippen LogP) is 1.87. The van der Waals surface area contributed by atoms with Crippen molar-refractivity contribution in [2.24, 2.45) is 0 Å². The van der Waals surface area contributed by atoms with E-state index in [1.165, 1.54) is 0 Å². The lowest BCUT2D eigenvalue weighted by atomic mass is 10.2. The average molecular weight is 321 g/mol. The second-order valence-corrected chi connectivity index (χ2v) is 5.84. The van der Waals surface area contributed by atoms with Crippen molar-refractivity contribution in [1.29, 1.82) is 0 Å². The molecule has 1 amide bonds. The van der Waals surface area contributed by atoms with E-state index in [9.17, 15) is 4.79 Å². The van der Waals surface area contributed by atoms with Crippen molar-refractivity contribution in [1.82, 2.24) is 5.32 Å². The standard InChI is InChI=1S/C15H19N3O3S/c1-9-14(19)18-12-7-10(4-5-13(12)21-9)17-15(22)16-8-11-3-2-6-20-11/h4-5,7,9,11H,2-3,6,8H2,1H3,(H,18,19)(H2,16,17,22)/t9-,11-/m0/s1. The molecule has 1 aromatic carbocycles. The normalized spacial score (nSPS) is 23.2. The Morgan fingerprint density at radius 1 is 1.50 bits per heavy atom. The Hall–Kier alpha value is -1.86. The predicted molar refractivity (Wildman–Crippen MR) is 88.4 cm³/mol. The molecule has 0 unspecified atom stereocenters. The summed E-state index contributed by atoms with van der Waals surface area (Å²) in [5.74, 6) is 0.514. The fraction of sp³-hybridized carbons (Fsp3) is 0.467. The molecule has 2 atom stereocenters. The number of carbonyl (C=O) groups is 1. The highest BCUT2D eigenvalue weighted by atomic mass is 32.1. The van der Waals surface area contributed by atoms with Crippen molar-refractivity contribution in [3.63, 3.8) is 0 Å². The Morgan fingerprint density at radius 3 is 3.14 bits per heavy atom. The van der Waals surface area contributed by atoms with Crippen LogP contribution in [0.5, 0.6) is 5.75 Å². The Bertz CT molecular complexity index is 587. The van der Waals surface area contributed by atoms with Crippen LogP contribution in [0, 0.1) is 0 Å². The number of fused-ring (bicyclic) bond motifs is 1. The molecular weight excluding hydrogens is 302 g/mol. The van der Waals surface area contributed by atoms with E-state index in [1.807, 2.05) is 12.1 Å². The van der Waals surface area contributed by atoms with Crippen LogP contribution < -0.4 is 20.7 Å². The molecule has 0 bridgehead atoms. The molecule has 0 spiro atoms. The summed E-state index contributed by atoms with van der Waals surface area (Å²) >= 11 is 5.27. The number of amides is 1. The quantitative estimate of drug-likeness (QED) is 0.738. The topological polar surface area (TPSA) is 71.6 Å². The van der Waals surface area contributed by atoms with E-state index in [0.29, 0.717) is 23.1 Å². The maximum absolute atomic E-state index is 11.6. The number of anilines is 2. The summed E-state index contributed by atoms with van der Waals surface area (Å²) in [6.07, 6.45) is 1.93. The first-order valence-corrected chi connectivity index (χ1v) is 7.80. The first-order valence-electron chi connectivity index (χ1n) is 7.40. The van der Waals surface area contributed by atoms with Crippen LogP contribution in [0.25, 0.3) is 0 Å². The monoisotopic (exact) mass is 321 g/mol. The van der Waals surface area contributed by atoms with Gasteiger partial charge in [-0.15, -0.1) is 0 Å². The third kappa shape index (κ3) is 3.48. The fourth-order valence-corrected chi connectivity index (χ4v) is 2.67. The lowest BCUT2D eigenvalue weighted by Crippen LogP contribution is -2.35. The zero-order valence-corrected chi connectivity index (χ0v) is 13.2. The van der Waals surface area contributed by atoms with Gasteiger partial charge in [-0.25, -0.2) is 0 Å². The number of benzene rings is 1. The molecule has 0 aliphatic carbocycles. The third-order valence-corrected chi connectivity index (χ3v) is 3.93. The minimum atomic E-state index is -0.472. The van der Waals surface area contributed by atoms with Crippen molar-refractivity contribution in [2.45, 2.75) is 32.0 Å². The van der Waals surface area contributed by atoms with Gasteiger partial charge < -0.3 is 25.4 Å². The lowest BCUT2D eigenvalue weighted by molar-refractivity contribution is -0.122. The number of carbonyl (C=O) groups excluding carboxylic acids is 1. The number of hydrogen-bond donors (Lipinski definition) is 3. The van der Waals surface area contributed by atoms with Gasteiger partial charge in [0.05, 0.1) is 11.8 Å². The van der Waals surface area contributed by atoms with E-state index in [4.69, 9.17) is 21.7 Å². The van der Waals surface area contributed by atoms with Crippen LogP contribution in [-0.4, -0.2) is 36.4 Å². The molecule has 2 heterocycles. The molecule has 118 valence electrons. The summed E-state index contributed by atoms with van der Waals surface area (Å²) in [5, 5.41) is 9.59. The number of ether oxygens (including phenoxy) is 2. The molecule has 6 nitrogen and oxygen atoms in total. The molecule has 2 aliphatic rings. The molecule has 1 saturated heterocycles. The highest BCUT2D eigenvalue weighted by Gasteiger charge is 2.23. The van der Waals surface area contributed by atoms with Crippen molar-refractivity contribution in [3.8, 4) is 5.75 Å². The van der Waals surface area contributed by atoms with Gasteiger partial charge in [0.15, 0.2) is 11.2 Å². The Balaban J connectivity index is 1.57. The minimum absolute atomic E-state index is 0.149. The third-order valence-electron chi connectivity index (χ3n) is 3.68. The molecule has 0 saturated carbocycles. The molecule has 22 heavy (non-hydrogen) atoms. The van der Waals surface area contributed by atoms with Crippen LogP contribution in [0.2, 0.25) is 0 Å². The van der Waals surface area contributed by atoms with Gasteiger partial charge in [-0.1, -0.05) is 0 Å². The highest BCUT2D eigenvalue weighted by molar-refractivity contribution is 7.80. The van der Waals surface area contributed by atoms with Crippen LogP contribution in [0.3, 0.4) is 0 Å².